The van der Waals surface area contributed by atoms with Crippen LogP contribution in [0.1, 0.15) is 6.42 Å². The fraction of sp³-hybridized carbons (Fsp3) is 0.286. The van der Waals surface area contributed by atoms with E-state index in [1.165, 1.54) is 30.8 Å². The topological polar surface area (TPSA) is 62.3 Å². The second-order valence-corrected chi connectivity index (χ2v) is 9.44. The number of benzene rings is 2. The molecule has 2 aliphatic rings. The SMILES string of the molecule is Cl.O=S(=O)(c1cccc(F)c1)c1cnc2c(N3CC4CCNC4C3)cccc2c1. The zero-order valence-corrected chi connectivity index (χ0v) is 17.2. The van der Waals surface area contributed by atoms with Crippen LogP contribution in [0.5, 0.6) is 0 Å². The normalized spacial score (nSPS) is 21.2. The summed E-state index contributed by atoms with van der Waals surface area (Å²) in [5.41, 5.74) is 1.82. The van der Waals surface area contributed by atoms with Gasteiger partial charge in [-0.25, -0.2) is 12.8 Å². The summed E-state index contributed by atoms with van der Waals surface area (Å²) in [5, 5.41) is 4.31. The molecule has 1 N–H and O–H groups in total. The van der Waals surface area contributed by atoms with Crippen LogP contribution in [0.15, 0.2) is 64.5 Å². The van der Waals surface area contributed by atoms with Gasteiger partial charge in [-0.3, -0.25) is 4.98 Å². The first-order valence-electron chi connectivity index (χ1n) is 9.40. The van der Waals surface area contributed by atoms with Crippen LogP contribution in [-0.4, -0.2) is 39.1 Å². The van der Waals surface area contributed by atoms with Gasteiger partial charge in [0.2, 0.25) is 9.84 Å². The number of fused-ring (bicyclic) bond motifs is 2. The molecule has 2 atom stereocenters. The van der Waals surface area contributed by atoms with Gasteiger partial charge in [0.1, 0.15) is 5.82 Å². The number of nitrogens with zero attached hydrogens (tertiary/aromatic N) is 2. The number of hydrogen-bond donors (Lipinski definition) is 1. The molecule has 2 saturated heterocycles. The minimum absolute atomic E-state index is 0. The highest BCUT2D eigenvalue weighted by molar-refractivity contribution is 7.91. The van der Waals surface area contributed by atoms with E-state index in [9.17, 15) is 12.8 Å². The first kappa shape index (κ1) is 20.1. The van der Waals surface area contributed by atoms with E-state index in [0.717, 1.165) is 42.3 Å². The Labute approximate surface area is 175 Å². The van der Waals surface area contributed by atoms with E-state index in [4.69, 9.17) is 0 Å². The Morgan fingerprint density at radius 3 is 2.69 bits per heavy atom. The molecule has 152 valence electrons. The summed E-state index contributed by atoms with van der Waals surface area (Å²) in [6, 6.07) is 13.0. The average molecular weight is 434 g/mol. The third-order valence-corrected chi connectivity index (χ3v) is 7.50. The molecule has 29 heavy (non-hydrogen) atoms. The van der Waals surface area contributed by atoms with Crippen molar-refractivity contribution >= 4 is 38.8 Å². The number of aromatic nitrogens is 1. The van der Waals surface area contributed by atoms with Crippen LogP contribution in [-0.2, 0) is 9.84 Å². The van der Waals surface area contributed by atoms with Gasteiger partial charge in [0, 0.05) is 30.7 Å². The molecule has 0 amide bonds. The van der Waals surface area contributed by atoms with E-state index >= 15 is 0 Å². The Balaban J connectivity index is 0.00000205. The lowest BCUT2D eigenvalue weighted by molar-refractivity contribution is 0.556. The molecule has 2 unspecified atom stereocenters. The molecule has 2 aliphatic heterocycles. The van der Waals surface area contributed by atoms with Gasteiger partial charge in [-0.15, -0.1) is 12.4 Å². The van der Waals surface area contributed by atoms with Crippen molar-refractivity contribution in [1.29, 1.82) is 0 Å². The fourth-order valence-electron chi connectivity index (χ4n) is 4.34. The van der Waals surface area contributed by atoms with Gasteiger partial charge in [0.05, 0.1) is 21.0 Å². The predicted molar refractivity (Wildman–Crippen MR) is 113 cm³/mol. The molecule has 0 radical (unpaired) electrons. The molecule has 3 aromatic rings. The van der Waals surface area contributed by atoms with Gasteiger partial charge in [0.25, 0.3) is 0 Å². The van der Waals surface area contributed by atoms with E-state index in [-0.39, 0.29) is 22.2 Å². The molecule has 0 spiro atoms. The first-order valence-corrected chi connectivity index (χ1v) is 10.9. The smallest absolute Gasteiger partial charge is 0.208 e. The monoisotopic (exact) mass is 433 g/mol. The summed E-state index contributed by atoms with van der Waals surface area (Å²) in [4.78, 5) is 6.84. The maximum absolute atomic E-state index is 13.5. The number of pyridine rings is 1. The Kier molecular flexibility index (Phi) is 5.23. The number of sulfone groups is 1. The summed E-state index contributed by atoms with van der Waals surface area (Å²) >= 11 is 0. The van der Waals surface area contributed by atoms with Crippen LogP contribution in [0, 0.1) is 11.7 Å². The first-order chi connectivity index (χ1) is 13.5. The van der Waals surface area contributed by atoms with E-state index in [0.29, 0.717) is 12.0 Å². The lowest BCUT2D eigenvalue weighted by Crippen LogP contribution is -2.30. The van der Waals surface area contributed by atoms with Crippen molar-refractivity contribution in [3.05, 3.63) is 60.5 Å². The number of nitrogens with one attached hydrogen (secondary N) is 1. The van der Waals surface area contributed by atoms with Gasteiger partial charge in [-0.2, -0.15) is 0 Å². The maximum atomic E-state index is 13.5. The highest BCUT2D eigenvalue weighted by Gasteiger charge is 2.36. The third-order valence-electron chi connectivity index (χ3n) is 5.78. The Bertz CT molecular complexity index is 1160. The standard InChI is InChI=1S/C21H20FN3O2S.ClH/c22-16-4-2-5-17(10-16)28(26,27)18-9-14-3-1-6-20(21(14)24-11-18)25-12-15-7-8-23-19(15)13-25;/h1-6,9-11,15,19,23H,7-8,12-13H2;1H. The van der Waals surface area contributed by atoms with Crippen molar-refractivity contribution in [1.82, 2.24) is 10.3 Å². The van der Waals surface area contributed by atoms with Gasteiger partial charge < -0.3 is 10.2 Å². The lowest BCUT2D eigenvalue weighted by Gasteiger charge is -2.21. The lowest BCUT2D eigenvalue weighted by atomic mass is 10.1. The van der Waals surface area contributed by atoms with Crippen LogP contribution in [0.4, 0.5) is 10.1 Å². The van der Waals surface area contributed by atoms with Gasteiger partial charge >= 0.3 is 0 Å². The van der Waals surface area contributed by atoms with E-state index in [2.05, 4.69) is 15.2 Å². The largest absolute Gasteiger partial charge is 0.368 e. The summed E-state index contributed by atoms with van der Waals surface area (Å²) in [6.45, 7) is 3.01. The molecule has 8 heteroatoms. The second kappa shape index (κ2) is 7.55. The molecular formula is C21H21ClFN3O2S. The van der Waals surface area contributed by atoms with Crippen molar-refractivity contribution in [2.45, 2.75) is 22.3 Å². The number of hydrogen-bond acceptors (Lipinski definition) is 5. The Morgan fingerprint density at radius 1 is 1.07 bits per heavy atom. The molecule has 5 nitrogen and oxygen atoms in total. The van der Waals surface area contributed by atoms with Crippen molar-refractivity contribution < 1.29 is 12.8 Å². The highest BCUT2D eigenvalue weighted by atomic mass is 35.5. The summed E-state index contributed by atoms with van der Waals surface area (Å²) < 4.78 is 39.3. The van der Waals surface area contributed by atoms with Crippen LogP contribution in [0.3, 0.4) is 0 Å². The van der Waals surface area contributed by atoms with Crippen LogP contribution in [0.2, 0.25) is 0 Å². The minimum Gasteiger partial charge on any atom is -0.368 e. The Morgan fingerprint density at radius 2 is 1.90 bits per heavy atom. The predicted octanol–water partition coefficient (Wildman–Crippen LogP) is 3.43. The zero-order chi connectivity index (χ0) is 19.3. The fourth-order valence-corrected chi connectivity index (χ4v) is 5.61. The van der Waals surface area contributed by atoms with Gasteiger partial charge in [-0.05, 0) is 49.2 Å². The van der Waals surface area contributed by atoms with Crippen LogP contribution < -0.4 is 10.2 Å². The van der Waals surface area contributed by atoms with Crippen molar-refractivity contribution in [2.75, 3.05) is 24.5 Å². The van der Waals surface area contributed by atoms with Crippen molar-refractivity contribution in [3.63, 3.8) is 0 Å². The van der Waals surface area contributed by atoms with Gasteiger partial charge in [0.15, 0.2) is 0 Å². The summed E-state index contributed by atoms with van der Waals surface area (Å²) in [6.07, 6.45) is 2.57. The van der Waals surface area contributed by atoms with Crippen LogP contribution in [0.25, 0.3) is 10.9 Å². The molecule has 0 bridgehead atoms. The van der Waals surface area contributed by atoms with Crippen molar-refractivity contribution in [2.24, 2.45) is 5.92 Å². The highest BCUT2D eigenvalue weighted by Crippen LogP contribution is 2.34. The third kappa shape index (κ3) is 3.47. The molecule has 0 aliphatic carbocycles. The number of anilines is 1. The van der Waals surface area contributed by atoms with E-state index < -0.39 is 15.7 Å². The molecule has 0 saturated carbocycles. The van der Waals surface area contributed by atoms with Crippen LogP contribution >= 0.6 is 12.4 Å². The Hall–Kier alpha value is -2.22. The molecule has 3 heterocycles. The molecular weight excluding hydrogens is 413 g/mol. The second-order valence-electron chi connectivity index (χ2n) is 7.50. The van der Waals surface area contributed by atoms with E-state index in [1.54, 1.807) is 6.07 Å². The minimum atomic E-state index is -3.82. The van der Waals surface area contributed by atoms with Crippen molar-refractivity contribution in [3.8, 4) is 0 Å². The van der Waals surface area contributed by atoms with E-state index in [1.807, 2.05) is 18.2 Å². The zero-order valence-electron chi connectivity index (χ0n) is 15.6. The molecule has 5 rings (SSSR count). The maximum Gasteiger partial charge on any atom is 0.208 e. The number of halogens is 2. The number of rotatable bonds is 3. The molecule has 2 fully saturated rings. The number of para-hydroxylation sites is 1. The molecule has 2 aromatic carbocycles. The summed E-state index contributed by atoms with van der Waals surface area (Å²) in [5.74, 6) is 0.0770. The quantitative estimate of drug-likeness (QED) is 0.685. The molecule has 1 aromatic heterocycles. The van der Waals surface area contributed by atoms with Gasteiger partial charge in [-0.1, -0.05) is 18.2 Å². The average Bonchev–Trinajstić information content (AvgIpc) is 3.29. The summed E-state index contributed by atoms with van der Waals surface area (Å²) in [7, 11) is -3.82.